The van der Waals surface area contributed by atoms with Crippen molar-refractivity contribution in [3.8, 4) is 0 Å². The standard InChI is InChI=1S/C38H44N4O6/c1-19-25(11-13-35(43)47-9)31-18-32-26(12-14-36(44)48-10)20(2)28(40-32)16-33-38(24(6)46-8)22(4)30(42-33)17-34-37(23(5)45-7)21(3)29(41-34)15-27(19)39-31/h15-18,23-24H,11-14H2,1-10H3/t23-,24-/m1/s1. The summed E-state index contributed by atoms with van der Waals surface area (Å²) in [6.45, 7) is 12.1. The summed E-state index contributed by atoms with van der Waals surface area (Å²) in [7, 11) is 6.16. The zero-order valence-corrected chi connectivity index (χ0v) is 29.5. The molecule has 0 fully saturated rings. The molecule has 0 N–H and O–H groups in total. The zero-order valence-electron chi connectivity index (χ0n) is 29.5. The second-order valence-electron chi connectivity index (χ2n) is 12.3. The lowest BCUT2D eigenvalue weighted by molar-refractivity contribution is -0.141. The summed E-state index contributed by atoms with van der Waals surface area (Å²) in [5, 5.41) is 0. The van der Waals surface area contributed by atoms with Crippen LogP contribution in [0, 0.1) is 0 Å². The first-order valence-corrected chi connectivity index (χ1v) is 16.2. The zero-order chi connectivity index (χ0) is 34.9. The molecule has 5 heterocycles. The van der Waals surface area contributed by atoms with Crippen LogP contribution in [-0.2, 0) is 28.5 Å². The summed E-state index contributed by atoms with van der Waals surface area (Å²) in [4.78, 5) is 44.9. The molecule has 8 bridgehead atoms. The number of esters is 2. The fourth-order valence-electron chi connectivity index (χ4n) is 6.55. The topological polar surface area (TPSA) is 121 Å². The van der Waals surface area contributed by atoms with Crippen molar-refractivity contribution in [3.05, 3.63) is 91.7 Å². The van der Waals surface area contributed by atoms with Crippen LogP contribution >= 0.6 is 0 Å². The smallest absolute Gasteiger partial charge is 0.305 e. The molecule has 0 aromatic heterocycles. The molecule has 2 atom stereocenters. The molecule has 0 saturated heterocycles. The summed E-state index contributed by atoms with van der Waals surface area (Å²) >= 11 is 0. The van der Waals surface area contributed by atoms with Crippen molar-refractivity contribution in [1.82, 2.24) is 0 Å². The predicted octanol–water partition coefficient (Wildman–Crippen LogP) is 6.60. The highest BCUT2D eigenvalue weighted by Gasteiger charge is 2.31. The molecular formula is C38H44N4O6. The number of ether oxygens (including phenoxy) is 4. The van der Waals surface area contributed by atoms with Gasteiger partial charge in [-0.15, -0.1) is 0 Å². The largest absolute Gasteiger partial charge is 0.469 e. The highest BCUT2D eigenvalue weighted by atomic mass is 16.5. The van der Waals surface area contributed by atoms with E-state index in [1.807, 2.05) is 58.9 Å². The third-order valence-electron chi connectivity index (χ3n) is 9.61. The van der Waals surface area contributed by atoms with E-state index in [0.29, 0.717) is 24.3 Å². The first-order valence-electron chi connectivity index (χ1n) is 16.2. The Bertz CT molecular complexity index is 1850. The lowest BCUT2D eigenvalue weighted by Crippen LogP contribution is -2.12. The maximum absolute atomic E-state index is 12.2. The molecule has 10 nitrogen and oxygen atoms in total. The van der Waals surface area contributed by atoms with Gasteiger partial charge in [-0.3, -0.25) is 9.59 Å². The van der Waals surface area contributed by atoms with Gasteiger partial charge >= 0.3 is 11.9 Å². The number of allylic oxidation sites excluding steroid dienone is 10. The third-order valence-corrected chi connectivity index (χ3v) is 9.61. The molecule has 5 aliphatic heterocycles. The van der Waals surface area contributed by atoms with Gasteiger partial charge in [-0.2, -0.15) is 0 Å². The van der Waals surface area contributed by atoms with Crippen LogP contribution in [0.4, 0.5) is 0 Å². The maximum atomic E-state index is 12.2. The van der Waals surface area contributed by atoms with Gasteiger partial charge in [-0.1, -0.05) is 0 Å². The van der Waals surface area contributed by atoms with E-state index in [1.54, 1.807) is 14.2 Å². The third kappa shape index (κ3) is 6.59. The Balaban J connectivity index is 1.78. The van der Waals surface area contributed by atoms with E-state index in [-0.39, 0.29) is 37.0 Å². The van der Waals surface area contributed by atoms with E-state index in [4.69, 9.17) is 38.9 Å². The van der Waals surface area contributed by atoms with Gasteiger partial charge in [0.05, 0.1) is 72.1 Å². The van der Waals surface area contributed by atoms with Gasteiger partial charge < -0.3 is 18.9 Å². The number of carbonyl (C=O) groups is 2. The molecule has 0 saturated carbocycles. The number of hydrogen-bond donors (Lipinski definition) is 0. The highest BCUT2D eigenvalue weighted by Crippen LogP contribution is 2.39. The second kappa shape index (κ2) is 14.3. The quantitative estimate of drug-likeness (QED) is 0.246. The Hall–Kier alpha value is -4.54. The van der Waals surface area contributed by atoms with E-state index in [0.717, 1.165) is 78.8 Å². The summed E-state index contributed by atoms with van der Waals surface area (Å²) in [5.74, 6) is -0.597. The SMILES string of the molecule is COC(=O)CCC1=C(C)C2=NC1=CC1=NC(=CC3=NC(=CC4=NC(=C2)C([C@@H](C)OC)=C4C)C([C@@H](C)OC)=C3C)C(C)=C1CCC(=O)OC. The number of methoxy groups -OCH3 is 4. The van der Waals surface area contributed by atoms with Crippen LogP contribution < -0.4 is 0 Å². The summed E-state index contributed by atoms with van der Waals surface area (Å²) in [6, 6.07) is 0. The van der Waals surface area contributed by atoms with Crippen molar-refractivity contribution in [2.75, 3.05) is 28.4 Å². The van der Waals surface area contributed by atoms with Gasteiger partial charge in [0.25, 0.3) is 0 Å². The van der Waals surface area contributed by atoms with Crippen molar-refractivity contribution in [2.24, 2.45) is 20.0 Å². The minimum Gasteiger partial charge on any atom is -0.469 e. The number of nitrogens with zero attached hydrogens (tertiary/aromatic N) is 4. The summed E-state index contributed by atoms with van der Waals surface area (Å²) in [5.41, 5.74) is 13.7. The van der Waals surface area contributed by atoms with Crippen LogP contribution in [0.15, 0.2) is 112 Å². The number of fused-ring (bicyclic) bond motifs is 4. The number of rotatable bonds is 10. The second-order valence-corrected chi connectivity index (χ2v) is 12.3. The van der Waals surface area contributed by atoms with Crippen LogP contribution in [0.25, 0.3) is 0 Å². The van der Waals surface area contributed by atoms with Crippen molar-refractivity contribution < 1.29 is 28.5 Å². The number of carbonyl (C=O) groups excluding carboxylic acids is 2. The van der Waals surface area contributed by atoms with Crippen molar-refractivity contribution in [3.63, 3.8) is 0 Å². The fraction of sp³-hybridized carbons (Fsp3) is 0.421. The van der Waals surface area contributed by atoms with Gasteiger partial charge in [0, 0.05) is 38.2 Å². The average Bonchev–Trinajstić information content (AvgIpc) is 3.74. The Kier molecular flexibility index (Phi) is 10.4. The van der Waals surface area contributed by atoms with Crippen LogP contribution in [0.1, 0.15) is 67.2 Å². The van der Waals surface area contributed by atoms with Crippen LogP contribution in [0.3, 0.4) is 0 Å². The van der Waals surface area contributed by atoms with Crippen LogP contribution in [-0.4, -0.2) is 75.4 Å². The van der Waals surface area contributed by atoms with Crippen LogP contribution in [0.2, 0.25) is 0 Å². The molecule has 0 aromatic rings. The van der Waals surface area contributed by atoms with Crippen molar-refractivity contribution >= 4 is 34.8 Å². The van der Waals surface area contributed by atoms with Gasteiger partial charge in [-0.05, 0) is 112 Å². The molecule has 252 valence electrons. The van der Waals surface area contributed by atoms with Gasteiger partial charge in [0.15, 0.2) is 0 Å². The molecule has 48 heavy (non-hydrogen) atoms. The lowest BCUT2D eigenvalue weighted by atomic mass is 9.95. The predicted molar refractivity (Wildman–Crippen MR) is 188 cm³/mol. The van der Waals surface area contributed by atoms with E-state index < -0.39 is 0 Å². The first kappa shape index (κ1) is 34.8. The Morgan fingerprint density at radius 1 is 0.542 bits per heavy atom. The molecular weight excluding hydrogens is 608 g/mol. The summed E-state index contributed by atoms with van der Waals surface area (Å²) < 4.78 is 21.6. The molecule has 0 unspecified atom stereocenters. The maximum Gasteiger partial charge on any atom is 0.305 e. The highest BCUT2D eigenvalue weighted by molar-refractivity contribution is 6.20. The van der Waals surface area contributed by atoms with Crippen LogP contribution in [0.5, 0.6) is 0 Å². The van der Waals surface area contributed by atoms with Gasteiger partial charge in [0.2, 0.25) is 0 Å². The Labute approximate surface area is 282 Å². The average molecular weight is 653 g/mol. The van der Waals surface area contributed by atoms with E-state index in [9.17, 15) is 9.59 Å². The normalized spacial score (nSPS) is 20.2. The molecule has 5 aliphatic rings. The monoisotopic (exact) mass is 652 g/mol. The molecule has 5 rings (SSSR count). The van der Waals surface area contributed by atoms with Gasteiger partial charge in [0.1, 0.15) is 0 Å². The van der Waals surface area contributed by atoms with E-state index >= 15 is 0 Å². The van der Waals surface area contributed by atoms with E-state index in [2.05, 4.69) is 6.92 Å². The molecule has 0 spiro atoms. The Morgan fingerprint density at radius 3 is 1.42 bits per heavy atom. The minimum atomic E-state index is -0.299. The molecule has 10 heteroatoms. The van der Waals surface area contributed by atoms with Crippen molar-refractivity contribution in [2.45, 2.75) is 79.4 Å². The molecule has 0 amide bonds. The first-order chi connectivity index (χ1) is 22.9. The summed E-state index contributed by atoms with van der Waals surface area (Å²) in [6.07, 6.45) is 8.81. The van der Waals surface area contributed by atoms with Crippen molar-refractivity contribution in [1.29, 1.82) is 0 Å². The molecule has 0 aliphatic carbocycles. The lowest BCUT2D eigenvalue weighted by Gasteiger charge is -2.14. The fourth-order valence-corrected chi connectivity index (χ4v) is 6.55. The van der Waals surface area contributed by atoms with E-state index in [1.165, 1.54) is 14.2 Å². The molecule has 0 radical (unpaired) electrons. The molecule has 0 aromatic carbocycles. The minimum absolute atomic E-state index is 0.204. The Morgan fingerprint density at radius 2 is 0.938 bits per heavy atom. The number of aliphatic imine (C=N–C) groups is 4. The van der Waals surface area contributed by atoms with Gasteiger partial charge in [-0.25, -0.2) is 20.0 Å². The number of hydrogen-bond acceptors (Lipinski definition) is 10.